The van der Waals surface area contributed by atoms with Gasteiger partial charge in [-0.2, -0.15) is 0 Å². The maximum absolute atomic E-state index is 11.9. The highest BCUT2D eigenvalue weighted by molar-refractivity contribution is 7.98. The van der Waals surface area contributed by atoms with E-state index in [-0.39, 0.29) is 17.9 Å². The summed E-state index contributed by atoms with van der Waals surface area (Å²) < 4.78 is 5.55. The second kappa shape index (κ2) is 8.25. The average Bonchev–Trinajstić information content (AvgIpc) is 2.58. The van der Waals surface area contributed by atoms with Gasteiger partial charge in [0.1, 0.15) is 5.75 Å². The van der Waals surface area contributed by atoms with Crippen LogP contribution in [0.1, 0.15) is 31.9 Å². The fourth-order valence-corrected chi connectivity index (χ4v) is 2.60. The summed E-state index contributed by atoms with van der Waals surface area (Å²) in [6.07, 6.45) is 2.04. The molecule has 2 aromatic rings. The molecule has 0 bridgehead atoms. The molecule has 3 nitrogen and oxygen atoms in total. The van der Waals surface area contributed by atoms with Crippen LogP contribution in [0.2, 0.25) is 0 Å². The third-order valence-corrected chi connectivity index (χ3v) is 4.48. The van der Waals surface area contributed by atoms with E-state index in [0.29, 0.717) is 12.3 Å². The van der Waals surface area contributed by atoms with Gasteiger partial charge >= 0.3 is 0 Å². The van der Waals surface area contributed by atoms with E-state index < -0.39 is 0 Å². The predicted molar refractivity (Wildman–Crippen MR) is 101 cm³/mol. The summed E-state index contributed by atoms with van der Waals surface area (Å²) in [7, 11) is 0. The second-order valence-electron chi connectivity index (χ2n) is 6.69. The van der Waals surface area contributed by atoms with Gasteiger partial charge in [0.2, 0.25) is 0 Å². The largest absolute Gasteiger partial charge is 0.484 e. The average molecular weight is 343 g/mol. The Morgan fingerprint density at radius 2 is 1.67 bits per heavy atom. The molecular weight excluding hydrogens is 318 g/mol. The molecule has 0 saturated carbocycles. The molecule has 1 N–H and O–H groups in total. The van der Waals surface area contributed by atoms with Gasteiger partial charge < -0.3 is 10.1 Å². The first-order valence-electron chi connectivity index (χ1n) is 8.01. The SMILES string of the molecule is CSc1ccc(CNC(=O)COc2ccc(C(C)(C)C)cc2)cc1. The molecule has 1 amide bonds. The smallest absolute Gasteiger partial charge is 0.258 e. The van der Waals surface area contributed by atoms with Crippen molar-refractivity contribution in [2.75, 3.05) is 12.9 Å². The Kier molecular flexibility index (Phi) is 6.32. The lowest BCUT2D eigenvalue weighted by atomic mass is 9.87. The Morgan fingerprint density at radius 1 is 1.04 bits per heavy atom. The Bertz CT molecular complexity index is 658. The van der Waals surface area contributed by atoms with E-state index in [9.17, 15) is 4.79 Å². The molecule has 0 aromatic heterocycles. The zero-order valence-electron chi connectivity index (χ0n) is 14.8. The van der Waals surface area contributed by atoms with Gasteiger partial charge in [-0.1, -0.05) is 45.0 Å². The second-order valence-corrected chi connectivity index (χ2v) is 7.57. The molecule has 0 radical (unpaired) electrons. The van der Waals surface area contributed by atoms with Crippen molar-refractivity contribution < 1.29 is 9.53 Å². The number of rotatable bonds is 6. The highest BCUT2D eigenvalue weighted by Crippen LogP contribution is 2.24. The van der Waals surface area contributed by atoms with Crippen LogP contribution in [0.25, 0.3) is 0 Å². The first-order valence-corrected chi connectivity index (χ1v) is 9.24. The molecule has 2 aromatic carbocycles. The number of amides is 1. The van der Waals surface area contributed by atoms with Crippen molar-refractivity contribution >= 4 is 17.7 Å². The van der Waals surface area contributed by atoms with E-state index in [1.54, 1.807) is 11.8 Å². The van der Waals surface area contributed by atoms with E-state index in [2.05, 4.69) is 38.2 Å². The van der Waals surface area contributed by atoms with Crippen LogP contribution in [0.5, 0.6) is 5.75 Å². The monoisotopic (exact) mass is 343 g/mol. The van der Waals surface area contributed by atoms with Crippen molar-refractivity contribution in [1.82, 2.24) is 5.32 Å². The van der Waals surface area contributed by atoms with Crippen LogP contribution in [-0.4, -0.2) is 18.8 Å². The fourth-order valence-electron chi connectivity index (χ4n) is 2.20. The molecule has 0 aliphatic heterocycles. The standard InChI is InChI=1S/C20H25NO2S/c1-20(2,3)16-7-9-17(10-8-16)23-14-19(22)21-13-15-5-11-18(24-4)12-6-15/h5-12H,13-14H2,1-4H3,(H,21,22). The summed E-state index contributed by atoms with van der Waals surface area (Å²) in [5.41, 5.74) is 2.44. The quantitative estimate of drug-likeness (QED) is 0.790. The normalized spacial score (nSPS) is 11.2. The Balaban J connectivity index is 1.78. The predicted octanol–water partition coefficient (Wildman–Crippen LogP) is 4.40. The van der Waals surface area contributed by atoms with E-state index in [0.717, 1.165) is 5.56 Å². The zero-order valence-corrected chi connectivity index (χ0v) is 15.6. The Labute approximate surface area is 148 Å². The van der Waals surface area contributed by atoms with Crippen LogP contribution in [0.4, 0.5) is 0 Å². The van der Waals surface area contributed by atoms with Crippen LogP contribution >= 0.6 is 11.8 Å². The summed E-state index contributed by atoms with van der Waals surface area (Å²) in [5.74, 6) is 0.589. The van der Waals surface area contributed by atoms with E-state index in [1.807, 2.05) is 42.7 Å². The summed E-state index contributed by atoms with van der Waals surface area (Å²) in [5, 5.41) is 2.87. The number of carbonyl (C=O) groups excluding carboxylic acids is 1. The first kappa shape index (κ1) is 18.4. The maximum atomic E-state index is 11.9. The minimum absolute atomic E-state index is 0.0256. The molecule has 24 heavy (non-hydrogen) atoms. The lowest BCUT2D eigenvalue weighted by Gasteiger charge is -2.19. The van der Waals surface area contributed by atoms with Crippen LogP contribution in [-0.2, 0) is 16.8 Å². The number of thioether (sulfide) groups is 1. The Hall–Kier alpha value is -1.94. The van der Waals surface area contributed by atoms with Crippen molar-refractivity contribution in [3.05, 3.63) is 59.7 Å². The number of ether oxygens (including phenoxy) is 1. The first-order chi connectivity index (χ1) is 11.4. The molecule has 0 heterocycles. The molecule has 2 rings (SSSR count). The minimum Gasteiger partial charge on any atom is -0.484 e. The molecule has 128 valence electrons. The highest BCUT2D eigenvalue weighted by Gasteiger charge is 2.13. The van der Waals surface area contributed by atoms with E-state index >= 15 is 0 Å². The van der Waals surface area contributed by atoms with Crippen molar-refractivity contribution in [1.29, 1.82) is 0 Å². The van der Waals surface area contributed by atoms with Crippen LogP contribution in [0.15, 0.2) is 53.4 Å². The van der Waals surface area contributed by atoms with Gasteiger partial charge in [0, 0.05) is 11.4 Å². The lowest BCUT2D eigenvalue weighted by Crippen LogP contribution is -2.28. The number of nitrogens with one attached hydrogen (secondary N) is 1. The van der Waals surface area contributed by atoms with Gasteiger partial charge in [0.05, 0.1) is 0 Å². The fraction of sp³-hybridized carbons (Fsp3) is 0.350. The maximum Gasteiger partial charge on any atom is 0.258 e. The number of hydrogen-bond donors (Lipinski definition) is 1. The van der Waals surface area contributed by atoms with Gasteiger partial charge in [-0.25, -0.2) is 0 Å². The summed E-state index contributed by atoms with van der Waals surface area (Å²) in [6.45, 7) is 7.05. The minimum atomic E-state index is -0.121. The van der Waals surface area contributed by atoms with Gasteiger partial charge in [-0.05, 0) is 47.1 Å². The van der Waals surface area contributed by atoms with E-state index in [4.69, 9.17) is 4.74 Å². The Morgan fingerprint density at radius 3 is 2.21 bits per heavy atom. The molecule has 0 aliphatic rings. The third kappa shape index (κ3) is 5.60. The highest BCUT2D eigenvalue weighted by atomic mass is 32.2. The van der Waals surface area contributed by atoms with Gasteiger partial charge in [0.25, 0.3) is 5.91 Å². The summed E-state index contributed by atoms with van der Waals surface area (Å²) in [6, 6.07) is 16.1. The zero-order chi connectivity index (χ0) is 17.6. The molecular formula is C20H25NO2S. The summed E-state index contributed by atoms with van der Waals surface area (Å²) in [4.78, 5) is 13.1. The van der Waals surface area contributed by atoms with Crippen LogP contribution < -0.4 is 10.1 Å². The van der Waals surface area contributed by atoms with Gasteiger partial charge in [-0.3, -0.25) is 4.79 Å². The number of benzene rings is 2. The van der Waals surface area contributed by atoms with Gasteiger partial charge in [0.15, 0.2) is 6.61 Å². The van der Waals surface area contributed by atoms with Gasteiger partial charge in [-0.15, -0.1) is 11.8 Å². The van der Waals surface area contributed by atoms with Crippen molar-refractivity contribution in [3.63, 3.8) is 0 Å². The molecule has 0 spiro atoms. The van der Waals surface area contributed by atoms with Crippen molar-refractivity contribution in [2.45, 2.75) is 37.6 Å². The number of carbonyl (C=O) groups is 1. The summed E-state index contributed by atoms with van der Waals surface area (Å²) >= 11 is 1.70. The molecule has 0 atom stereocenters. The molecule has 0 aliphatic carbocycles. The number of hydrogen-bond acceptors (Lipinski definition) is 3. The third-order valence-electron chi connectivity index (χ3n) is 3.74. The molecule has 0 fully saturated rings. The molecule has 0 unspecified atom stereocenters. The van der Waals surface area contributed by atoms with Crippen LogP contribution in [0.3, 0.4) is 0 Å². The van der Waals surface area contributed by atoms with Crippen molar-refractivity contribution in [2.24, 2.45) is 0 Å². The molecule has 4 heteroatoms. The van der Waals surface area contributed by atoms with Crippen molar-refractivity contribution in [3.8, 4) is 5.75 Å². The topological polar surface area (TPSA) is 38.3 Å². The lowest BCUT2D eigenvalue weighted by molar-refractivity contribution is -0.123. The molecule has 0 saturated heterocycles. The van der Waals surface area contributed by atoms with E-state index in [1.165, 1.54) is 10.5 Å². The van der Waals surface area contributed by atoms with Crippen LogP contribution in [0, 0.1) is 0 Å².